The van der Waals surface area contributed by atoms with Crippen molar-refractivity contribution in [3.8, 4) is 0 Å². The molecule has 1 unspecified atom stereocenters. The van der Waals surface area contributed by atoms with Gasteiger partial charge in [-0.1, -0.05) is 23.7 Å². The van der Waals surface area contributed by atoms with Crippen molar-refractivity contribution >= 4 is 26.9 Å². The number of para-hydroxylation sites is 1. The third-order valence-corrected chi connectivity index (χ3v) is 5.92. The fourth-order valence-corrected chi connectivity index (χ4v) is 4.68. The van der Waals surface area contributed by atoms with E-state index in [0.29, 0.717) is 29.6 Å². The van der Waals surface area contributed by atoms with Gasteiger partial charge in [-0.2, -0.15) is 4.31 Å². The molecule has 1 N–H and O–H groups in total. The summed E-state index contributed by atoms with van der Waals surface area (Å²) in [4.78, 5) is 12.0. The minimum Gasteiger partial charge on any atom is -0.358 e. The van der Waals surface area contributed by atoms with Crippen LogP contribution in [0.25, 0.3) is 11.0 Å². The fraction of sp³-hybridized carbons (Fsp3) is 0.467. The Hall–Kier alpha value is -1.93. The number of carbonyl (C=O) groups is 1. The van der Waals surface area contributed by atoms with Gasteiger partial charge in [-0.25, -0.2) is 8.42 Å². The largest absolute Gasteiger partial charge is 0.358 e. The van der Waals surface area contributed by atoms with Crippen LogP contribution in [-0.2, 0) is 20.6 Å². The summed E-state index contributed by atoms with van der Waals surface area (Å²) in [6.45, 7) is 0.357. The van der Waals surface area contributed by atoms with Gasteiger partial charge in [0.1, 0.15) is 17.5 Å². The van der Waals surface area contributed by atoms with Gasteiger partial charge >= 0.3 is 0 Å². The number of piperidine rings is 1. The number of benzene rings is 1. The maximum atomic E-state index is 12.8. The van der Waals surface area contributed by atoms with E-state index in [1.165, 1.54) is 11.4 Å². The highest BCUT2D eigenvalue weighted by Crippen LogP contribution is 2.25. The summed E-state index contributed by atoms with van der Waals surface area (Å²) in [5.74, 6) is -0.532. The maximum absolute atomic E-state index is 12.8. The number of nitrogens with zero attached hydrogens (tertiary/aromatic N) is 2. The van der Waals surface area contributed by atoms with Gasteiger partial charge in [0, 0.05) is 19.0 Å². The number of hydrogen-bond donors (Lipinski definition) is 1. The minimum atomic E-state index is -3.65. The second-order valence-electron chi connectivity index (χ2n) is 5.62. The molecule has 3 rings (SSSR count). The molecular weight excluding hydrogens is 318 g/mol. The van der Waals surface area contributed by atoms with Crippen LogP contribution in [0.15, 0.2) is 28.8 Å². The number of nitrogens with one attached hydrogen (secondary N) is 1. The summed E-state index contributed by atoms with van der Waals surface area (Å²) >= 11 is 0. The quantitative estimate of drug-likeness (QED) is 0.906. The molecule has 1 aromatic heterocycles. The number of rotatable bonds is 4. The number of fused-ring (bicyclic) bond motifs is 1. The highest BCUT2D eigenvalue weighted by molar-refractivity contribution is 7.88. The van der Waals surface area contributed by atoms with Crippen LogP contribution in [0.1, 0.15) is 25.0 Å². The van der Waals surface area contributed by atoms with Gasteiger partial charge < -0.3 is 9.84 Å². The maximum Gasteiger partial charge on any atom is 0.238 e. The van der Waals surface area contributed by atoms with Crippen LogP contribution in [-0.4, -0.2) is 43.4 Å². The van der Waals surface area contributed by atoms with E-state index >= 15 is 0 Å². The molecule has 0 radical (unpaired) electrons. The summed E-state index contributed by atoms with van der Waals surface area (Å²) in [5.41, 5.74) is 0.932. The molecule has 7 nitrogen and oxygen atoms in total. The minimum absolute atomic E-state index is 0.265. The van der Waals surface area contributed by atoms with Crippen molar-refractivity contribution in [3.05, 3.63) is 30.0 Å². The van der Waals surface area contributed by atoms with E-state index in [0.717, 1.165) is 12.8 Å². The molecule has 1 saturated heterocycles. The van der Waals surface area contributed by atoms with Crippen molar-refractivity contribution in [1.29, 1.82) is 0 Å². The first-order chi connectivity index (χ1) is 11.0. The predicted molar refractivity (Wildman–Crippen MR) is 85.0 cm³/mol. The van der Waals surface area contributed by atoms with E-state index in [-0.39, 0.29) is 11.7 Å². The van der Waals surface area contributed by atoms with E-state index in [9.17, 15) is 13.2 Å². The Kier molecular flexibility index (Phi) is 4.36. The van der Waals surface area contributed by atoms with Crippen molar-refractivity contribution in [2.75, 3.05) is 13.6 Å². The lowest BCUT2D eigenvalue weighted by molar-refractivity contribution is -0.125. The monoisotopic (exact) mass is 337 g/mol. The number of hydrogen-bond acceptors (Lipinski definition) is 5. The molecule has 0 saturated carbocycles. The first-order valence-corrected chi connectivity index (χ1v) is 9.18. The highest BCUT2D eigenvalue weighted by Gasteiger charge is 2.37. The summed E-state index contributed by atoms with van der Waals surface area (Å²) < 4.78 is 32.1. The molecule has 1 fully saturated rings. The number of sulfonamides is 1. The molecule has 0 aliphatic carbocycles. The summed E-state index contributed by atoms with van der Waals surface area (Å²) in [6, 6.07) is 6.49. The lowest BCUT2D eigenvalue weighted by Crippen LogP contribution is -2.51. The SMILES string of the molecule is CNC(=O)C1CCCCN1S(=O)(=O)Cc1noc2ccccc12. The summed E-state index contributed by atoms with van der Waals surface area (Å²) in [7, 11) is -2.13. The molecule has 0 bridgehead atoms. The average molecular weight is 337 g/mol. The van der Waals surface area contributed by atoms with Crippen molar-refractivity contribution < 1.29 is 17.7 Å². The topological polar surface area (TPSA) is 92.5 Å². The normalized spacial score (nSPS) is 19.8. The molecule has 124 valence electrons. The Labute approximate surface area is 134 Å². The van der Waals surface area contributed by atoms with Crippen molar-refractivity contribution in [3.63, 3.8) is 0 Å². The summed E-state index contributed by atoms with van der Waals surface area (Å²) in [5, 5.41) is 7.11. The van der Waals surface area contributed by atoms with Gasteiger partial charge in [-0.05, 0) is 25.0 Å². The Morgan fingerprint density at radius 1 is 1.39 bits per heavy atom. The third-order valence-electron chi connectivity index (χ3n) is 4.13. The Morgan fingerprint density at radius 2 is 2.17 bits per heavy atom. The second kappa shape index (κ2) is 6.29. The standard InChI is InChI=1S/C15H19N3O4S/c1-16-15(19)13-7-4-5-9-18(13)23(20,21)10-12-11-6-2-3-8-14(11)22-17-12/h2-3,6,8,13H,4-5,7,9-10H2,1H3,(H,16,19). The van der Waals surface area contributed by atoms with Crippen LogP contribution in [0.5, 0.6) is 0 Å². The van der Waals surface area contributed by atoms with E-state index in [2.05, 4.69) is 10.5 Å². The molecule has 1 atom stereocenters. The van der Waals surface area contributed by atoms with Gasteiger partial charge in [-0.3, -0.25) is 4.79 Å². The average Bonchev–Trinajstić information content (AvgIpc) is 2.97. The molecule has 23 heavy (non-hydrogen) atoms. The molecule has 8 heteroatoms. The molecule has 2 aromatic rings. The number of aromatic nitrogens is 1. The number of carbonyl (C=O) groups excluding carboxylic acids is 1. The van der Waals surface area contributed by atoms with Gasteiger partial charge in [0.25, 0.3) is 0 Å². The number of likely N-dealkylation sites (N-methyl/N-ethyl adjacent to an activating group) is 1. The molecular formula is C15H19N3O4S. The predicted octanol–water partition coefficient (Wildman–Crippen LogP) is 1.26. The fourth-order valence-electron chi connectivity index (χ4n) is 2.96. The van der Waals surface area contributed by atoms with Gasteiger partial charge in [-0.15, -0.1) is 0 Å². The first-order valence-electron chi connectivity index (χ1n) is 7.57. The summed E-state index contributed by atoms with van der Waals surface area (Å²) in [6.07, 6.45) is 2.14. The van der Waals surface area contributed by atoms with Crippen LogP contribution in [0.3, 0.4) is 0 Å². The van der Waals surface area contributed by atoms with Crippen LogP contribution in [0.2, 0.25) is 0 Å². The Balaban J connectivity index is 1.89. The zero-order valence-corrected chi connectivity index (χ0v) is 13.7. The molecule has 2 heterocycles. The van der Waals surface area contributed by atoms with E-state index in [4.69, 9.17) is 4.52 Å². The smallest absolute Gasteiger partial charge is 0.238 e. The molecule has 0 spiro atoms. The van der Waals surface area contributed by atoms with Gasteiger partial charge in [0.05, 0.1) is 0 Å². The molecule has 1 aliphatic heterocycles. The Morgan fingerprint density at radius 3 is 2.96 bits per heavy atom. The number of amides is 1. The third kappa shape index (κ3) is 3.09. The lowest BCUT2D eigenvalue weighted by Gasteiger charge is -2.33. The van der Waals surface area contributed by atoms with Gasteiger partial charge in [0.2, 0.25) is 15.9 Å². The van der Waals surface area contributed by atoms with Crippen LogP contribution in [0.4, 0.5) is 0 Å². The van der Waals surface area contributed by atoms with Crippen molar-refractivity contribution in [2.24, 2.45) is 0 Å². The van der Waals surface area contributed by atoms with Crippen LogP contribution < -0.4 is 5.32 Å². The zero-order valence-electron chi connectivity index (χ0n) is 12.9. The van der Waals surface area contributed by atoms with Crippen LogP contribution in [0, 0.1) is 0 Å². The first kappa shape index (κ1) is 15.9. The van der Waals surface area contributed by atoms with E-state index < -0.39 is 16.1 Å². The molecule has 1 aromatic carbocycles. The zero-order chi connectivity index (χ0) is 16.4. The lowest BCUT2D eigenvalue weighted by atomic mass is 10.0. The molecule has 1 amide bonds. The van der Waals surface area contributed by atoms with Crippen molar-refractivity contribution in [1.82, 2.24) is 14.8 Å². The van der Waals surface area contributed by atoms with Crippen molar-refractivity contribution in [2.45, 2.75) is 31.1 Å². The van der Waals surface area contributed by atoms with Crippen LogP contribution >= 0.6 is 0 Å². The second-order valence-corrected chi connectivity index (χ2v) is 7.54. The Bertz CT molecular complexity index is 815. The van der Waals surface area contributed by atoms with Gasteiger partial charge in [0.15, 0.2) is 5.58 Å². The highest BCUT2D eigenvalue weighted by atomic mass is 32.2. The van der Waals surface area contributed by atoms with E-state index in [1.807, 2.05) is 6.07 Å². The molecule has 1 aliphatic rings. The van der Waals surface area contributed by atoms with E-state index in [1.54, 1.807) is 18.2 Å².